The van der Waals surface area contributed by atoms with E-state index < -0.39 is 0 Å². The lowest BCUT2D eigenvalue weighted by molar-refractivity contribution is -0.120. The summed E-state index contributed by atoms with van der Waals surface area (Å²) < 4.78 is 1.51. The quantitative estimate of drug-likeness (QED) is 0.730. The first kappa shape index (κ1) is 11.3. The van der Waals surface area contributed by atoms with Crippen molar-refractivity contribution in [3.63, 3.8) is 0 Å². The minimum Gasteiger partial charge on any atom is -0.394 e. The number of aromatic nitrogens is 1. The Labute approximate surface area is 87.9 Å². The molecule has 1 amide bonds. The minimum atomic E-state index is -0.200. The standard InChI is InChI=1S/C10H15N3O2/c1-12-9(14)5-3-7-13-6-2-4-8(11)10(13)15/h2,4,6H,3,5,7,11H2,1H3,(H,12,14). The van der Waals surface area contributed by atoms with Gasteiger partial charge >= 0.3 is 0 Å². The average Bonchev–Trinajstić information content (AvgIpc) is 2.24. The maximum atomic E-state index is 11.5. The summed E-state index contributed by atoms with van der Waals surface area (Å²) in [6, 6.07) is 3.29. The van der Waals surface area contributed by atoms with Crippen LogP contribution in [-0.2, 0) is 11.3 Å². The Kier molecular flexibility index (Phi) is 3.91. The van der Waals surface area contributed by atoms with E-state index in [4.69, 9.17) is 5.73 Å². The molecule has 82 valence electrons. The van der Waals surface area contributed by atoms with Crippen LogP contribution in [0.25, 0.3) is 0 Å². The second-order valence-electron chi connectivity index (χ2n) is 3.24. The molecule has 0 radical (unpaired) electrons. The molecule has 0 fully saturated rings. The van der Waals surface area contributed by atoms with Gasteiger partial charge in [-0.05, 0) is 18.6 Å². The van der Waals surface area contributed by atoms with Crippen molar-refractivity contribution >= 4 is 11.6 Å². The fraction of sp³-hybridized carbons (Fsp3) is 0.400. The van der Waals surface area contributed by atoms with Crippen molar-refractivity contribution < 1.29 is 4.79 Å². The molecule has 0 aliphatic carbocycles. The Morgan fingerprint density at radius 2 is 2.33 bits per heavy atom. The first-order valence-electron chi connectivity index (χ1n) is 4.80. The molecule has 1 rings (SSSR count). The molecule has 3 N–H and O–H groups in total. The number of nitrogens with zero attached hydrogens (tertiary/aromatic N) is 1. The van der Waals surface area contributed by atoms with Gasteiger partial charge in [-0.3, -0.25) is 9.59 Å². The maximum absolute atomic E-state index is 11.5. The average molecular weight is 209 g/mol. The van der Waals surface area contributed by atoms with E-state index in [0.29, 0.717) is 19.4 Å². The lowest BCUT2D eigenvalue weighted by Gasteiger charge is -2.05. The van der Waals surface area contributed by atoms with Crippen LogP contribution in [0, 0.1) is 0 Å². The van der Waals surface area contributed by atoms with Gasteiger partial charge in [-0.2, -0.15) is 0 Å². The molecule has 0 unspecified atom stereocenters. The minimum absolute atomic E-state index is 0.0213. The fourth-order valence-corrected chi connectivity index (χ4v) is 1.27. The third-order valence-corrected chi connectivity index (χ3v) is 2.13. The molecule has 0 saturated carbocycles. The number of carbonyl (C=O) groups is 1. The molecule has 0 aliphatic rings. The highest BCUT2D eigenvalue weighted by Gasteiger charge is 2.01. The number of rotatable bonds is 4. The summed E-state index contributed by atoms with van der Waals surface area (Å²) >= 11 is 0. The van der Waals surface area contributed by atoms with Crippen molar-refractivity contribution in [3.05, 3.63) is 28.7 Å². The van der Waals surface area contributed by atoms with Gasteiger partial charge in [0.15, 0.2) is 0 Å². The monoisotopic (exact) mass is 209 g/mol. The molecule has 5 nitrogen and oxygen atoms in total. The molecule has 1 aromatic rings. The van der Waals surface area contributed by atoms with Gasteiger partial charge in [0.1, 0.15) is 0 Å². The van der Waals surface area contributed by atoms with Crippen LogP contribution in [0.1, 0.15) is 12.8 Å². The zero-order chi connectivity index (χ0) is 11.3. The molecule has 0 aromatic carbocycles. The number of nitrogen functional groups attached to an aromatic ring is 1. The van der Waals surface area contributed by atoms with Gasteiger partial charge < -0.3 is 15.6 Å². The summed E-state index contributed by atoms with van der Waals surface area (Å²) in [5.41, 5.74) is 5.50. The van der Waals surface area contributed by atoms with E-state index in [2.05, 4.69) is 5.32 Å². The number of amides is 1. The second kappa shape index (κ2) is 5.19. The van der Waals surface area contributed by atoms with Crippen LogP contribution in [0.5, 0.6) is 0 Å². The molecule has 0 bridgehead atoms. The third-order valence-electron chi connectivity index (χ3n) is 2.13. The van der Waals surface area contributed by atoms with Gasteiger partial charge in [-0.1, -0.05) is 0 Å². The topological polar surface area (TPSA) is 77.1 Å². The highest BCUT2D eigenvalue weighted by molar-refractivity contribution is 5.75. The normalized spacial score (nSPS) is 9.93. The third kappa shape index (κ3) is 3.12. The molecule has 5 heteroatoms. The van der Waals surface area contributed by atoms with Crippen LogP contribution in [0.3, 0.4) is 0 Å². The van der Waals surface area contributed by atoms with Crippen LogP contribution in [0.4, 0.5) is 5.69 Å². The highest BCUT2D eigenvalue weighted by atomic mass is 16.1. The van der Waals surface area contributed by atoms with Gasteiger partial charge in [0, 0.05) is 26.2 Å². The number of nitrogens with two attached hydrogens (primary N) is 1. The summed E-state index contributed by atoms with van der Waals surface area (Å²) in [7, 11) is 1.59. The predicted octanol–water partition coefficient (Wildman–Crippen LogP) is -0.0433. The fourth-order valence-electron chi connectivity index (χ4n) is 1.27. The number of carbonyl (C=O) groups excluding carboxylic acids is 1. The van der Waals surface area contributed by atoms with Gasteiger partial charge in [0.2, 0.25) is 5.91 Å². The second-order valence-corrected chi connectivity index (χ2v) is 3.24. The van der Waals surface area contributed by atoms with Gasteiger partial charge in [-0.15, -0.1) is 0 Å². The molecular weight excluding hydrogens is 194 g/mol. The summed E-state index contributed by atoms with van der Waals surface area (Å²) in [5, 5.41) is 2.53. The number of hydrogen-bond acceptors (Lipinski definition) is 3. The van der Waals surface area contributed by atoms with Crippen LogP contribution >= 0.6 is 0 Å². The summed E-state index contributed by atoms with van der Waals surface area (Å²) in [6.45, 7) is 0.511. The molecule has 1 aromatic heterocycles. The van der Waals surface area contributed by atoms with Crippen molar-refractivity contribution in [1.29, 1.82) is 0 Å². The number of aryl methyl sites for hydroxylation is 1. The van der Waals surface area contributed by atoms with Gasteiger partial charge in [0.25, 0.3) is 5.56 Å². The largest absolute Gasteiger partial charge is 0.394 e. The molecule has 0 aliphatic heterocycles. The number of anilines is 1. The maximum Gasteiger partial charge on any atom is 0.273 e. The zero-order valence-corrected chi connectivity index (χ0v) is 8.69. The first-order chi connectivity index (χ1) is 7.15. The Balaban J connectivity index is 2.55. The van der Waals surface area contributed by atoms with E-state index in [9.17, 15) is 9.59 Å². The summed E-state index contributed by atoms with van der Waals surface area (Å²) in [4.78, 5) is 22.4. The van der Waals surface area contributed by atoms with Crippen LogP contribution < -0.4 is 16.6 Å². The van der Waals surface area contributed by atoms with E-state index in [0.717, 1.165) is 0 Å². The first-order valence-corrected chi connectivity index (χ1v) is 4.80. The van der Waals surface area contributed by atoms with Crippen molar-refractivity contribution in [1.82, 2.24) is 9.88 Å². The van der Waals surface area contributed by atoms with E-state index in [1.54, 1.807) is 25.4 Å². The lowest BCUT2D eigenvalue weighted by atomic mass is 10.3. The Bertz CT molecular complexity index is 398. The van der Waals surface area contributed by atoms with E-state index >= 15 is 0 Å². The Morgan fingerprint density at radius 3 is 3.00 bits per heavy atom. The Hall–Kier alpha value is -1.78. The van der Waals surface area contributed by atoms with Crippen LogP contribution in [0.15, 0.2) is 23.1 Å². The lowest BCUT2D eigenvalue weighted by Crippen LogP contribution is -2.23. The zero-order valence-electron chi connectivity index (χ0n) is 8.69. The molecule has 15 heavy (non-hydrogen) atoms. The summed E-state index contributed by atoms with van der Waals surface area (Å²) in [5.74, 6) is -0.0213. The van der Waals surface area contributed by atoms with E-state index in [-0.39, 0.29) is 17.2 Å². The predicted molar refractivity (Wildman–Crippen MR) is 58.4 cm³/mol. The van der Waals surface area contributed by atoms with Crippen LogP contribution in [-0.4, -0.2) is 17.5 Å². The van der Waals surface area contributed by atoms with Crippen LogP contribution in [0.2, 0.25) is 0 Å². The molecular formula is C10H15N3O2. The number of hydrogen-bond donors (Lipinski definition) is 2. The van der Waals surface area contributed by atoms with Crippen molar-refractivity contribution in [2.24, 2.45) is 0 Å². The van der Waals surface area contributed by atoms with E-state index in [1.165, 1.54) is 4.57 Å². The van der Waals surface area contributed by atoms with Crippen molar-refractivity contribution in [3.8, 4) is 0 Å². The summed E-state index contributed by atoms with van der Waals surface area (Å²) in [6.07, 6.45) is 2.71. The van der Waals surface area contributed by atoms with Crippen molar-refractivity contribution in [2.75, 3.05) is 12.8 Å². The highest BCUT2D eigenvalue weighted by Crippen LogP contribution is 1.96. The number of pyridine rings is 1. The van der Waals surface area contributed by atoms with Gasteiger partial charge in [-0.25, -0.2) is 0 Å². The molecule has 1 heterocycles. The van der Waals surface area contributed by atoms with Gasteiger partial charge in [0.05, 0.1) is 5.69 Å². The molecule has 0 saturated heterocycles. The van der Waals surface area contributed by atoms with E-state index in [1.807, 2.05) is 0 Å². The molecule has 0 atom stereocenters. The SMILES string of the molecule is CNC(=O)CCCn1cccc(N)c1=O. The number of nitrogens with one attached hydrogen (secondary N) is 1. The van der Waals surface area contributed by atoms with Crippen molar-refractivity contribution in [2.45, 2.75) is 19.4 Å². The Morgan fingerprint density at radius 1 is 1.60 bits per heavy atom. The molecule has 0 spiro atoms. The smallest absolute Gasteiger partial charge is 0.273 e.